The fourth-order valence-electron chi connectivity index (χ4n) is 5.95. The topological polar surface area (TPSA) is 156 Å². The molecule has 3 amide bonds. The van der Waals surface area contributed by atoms with Crippen LogP contribution in [-0.2, 0) is 41.7 Å². The molecule has 2 aliphatic rings. The molecule has 0 aliphatic carbocycles. The van der Waals surface area contributed by atoms with Crippen molar-refractivity contribution in [1.82, 2.24) is 16.0 Å². The number of amides is 3. The highest BCUT2D eigenvalue weighted by Gasteiger charge is 2.48. The minimum atomic E-state index is -1.15. The summed E-state index contributed by atoms with van der Waals surface area (Å²) in [5.74, 6) is -1.74. The molecule has 4 N–H and O–H groups in total. The van der Waals surface area contributed by atoms with Crippen LogP contribution in [0.1, 0.15) is 77.2 Å². The number of aliphatic hydroxyl groups is 1. The number of methoxy groups -OCH3 is 1. The van der Waals surface area contributed by atoms with Gasteiger partial charge in [-0.25, -0.2) is 4.79 Å². The van der Waals surface area contributed by atoms with Crippen molar-refractivity contribution in [2.75, 3.05) is 7.11 Å². The van der Waals surface area contributed by atoms with E-state index >= 15 is 0 Å². The minimum absolute atomic E-state index is 0.0587. The first-order chi connectivity index (χ1) is 23.6. The first-order valence-corrected chi connectivity index (χ1v) is 17.5. The van der Waals surface area contributed by atoms with E-state index in [1.807, 2.05) is 45.0 Å². The Morgan fingerprint density at radius 1 is 0.980 bits per heavy atom. The number of cyclic esters (lactones) is 1. The van der Waals surface area contributed by atoms with Crippen LogP contribution in [0.3, 0.4) is 0 Å². The number of nitrogens with one attached hydrogen (secondary N) is 3. The number of halogens is 1. The number of rotatable bonds is 9. The van der Waals surface area contributed by atoms with E-state index in [4.69, 9.17) is 25.8 Å². The van der Waals surface area contributed by atoms with Gasteiger partial charge in [0.25, 0.3) is 0 Å². The van der Waals surface area contributed by atoms with E-state index in [-0.39, 0.29) is 43.5 Å². The molecule has 0 saturated carbocycles. The Morgan fingerprint density at radius 2 is 1.66 bits per heavy atom. The summed E-state index contributed by atoms with van der Waals surface area (Å²) >= 11 is 6.35. The van der Waals surface area contributed by atoms with Crippen LogP contribution in [0.15, 0.2) is 54.6 Å². The van der Waals surface area contributed by atoms with Crippen molar-refractivity contribution in [2.45, 2.75) is 104 Å². The molecule has 272 valence electrons. The molecule has 0 bridgehead atoms. The lowest BCUT2D eigenvalue weighted by molar-refractivity contribution is -0.157. The third kappa shape index (κ3) is 9.86. The van der Waals surface area contributed by atoms with Gasteiger partial charge in [0.1, 0.15) is 30.0 Å². The Kier molecular flexibility index (Phi) is 13.1. The zero-order valence-electron chi connectivity index (χ0n) is 29.8. The molecule has 1 unspecified atom stereocenters. The summed E-state index contributed by atoms with van der Waals surface area (Å²) in [5, 5.41) is 18.4. The second kappa shape index (κ2) is 16.9. The molecule has 2 heterocycles. The quantitative estimate of drug-likeness (QED) is 0.218. The van der Waals surface area contributed by atoms with E-state index in [0.29, 0.717) is 22.8 Å². The Labute approximate surface area is 299 Å². The van der Waals surface area contributed by atoms with Gasteiger partial charge in [-0.2, -0.15) is 0 Å². The zero-order valence-corrected chi connectivity index (χ0v) is 30.6. The number of esters is 1. The molecule has 4 rings (SSSR count). The molecule has 1 saturated heterocycles. The molecular formula is C38H50ClN3O8. The number of ether oxygens (including phenoxy) is 3. The summed E-state index contributed by atoms with van der Waals surface area (Å²) in [5.41, 5.74) is 1.28. The van der Waals surface area contributed by atoms with Crippen molar-refractivity contribution in [3.63, 3.8) is 0 Å². The van der Waals surface area contributed by atoms with E-state index in [1.54, 1.807) is 45.0 Å². The summed E-state index contributed by atoms with van der Waals surface area (Å²) in [6.45, 7) is 10.9. The Balaban J connectivity index is 1.63. The van der Waals surface area contributed by atoms with Crippen LogP contribution in [0.4, 0.5) is 0 Å². The summed E-state index contributed by atoms with van der Waals surface area (Å²) in [7, 11) is 1.51. The third-order valence-corrected chi connectivity index (χ3v) is 9.93. The maximum atomic E-state index is 13.8. The van der Waals surface area contributed by atoms with Gasteiger partial charge in [0.15, 0.2) is 0 Å². The largest absolute Gasteiger partial charge is 0.495 e. The second-order valence-corrected chi connectivity index (χ2v) is 14.6. The van der Waals surface area contributed by atoms with Crippen molar-refractivity contribution in [2.24, 2.45) is 17.3 Å². The minimum Gasteiger partial charge on any atom is -0.495 e. The van der Waals surface area contributed by atoms with Gasteiger partial charge in [-0.3, -0.25) is 14.4 Å². The van der Waals surface area contributed by atoms with Crippen LogP contribution in [0.5, 0.6) is 5.75 Å². The van der Waals surface area contributed by atoms with Crippen molar-refractivity contribution in [3.8, 4) is 5.75 Å². The summed E-state index contributed by atoms with van der Waals surface area (Å²) in [6, 6.07) is 10.0. The molecular weight excluding hydrogens is 662 g/mol. The summed E-state index contributed by atoms with van der Waals surface area (Å²) in [6.07, 6.45) is 2.43. The first kappa shape index (κ1) is 38.9. The van der Waals surface area contributed by atoms with Crippen LogP contribution >= 0.6 is 11.6 Å². The predicted octanol–water partition coefficient (Wildman–Crippen LogP) is 4.58. The number of hydrogen-bond acceptors (Lipinski definition) is 8. The number of epoxide rings is 1. The standard InChI is InChI=1S/C38H50ClN3O8/c1-21(2)17-29-36(46)49-30(22(3)33-34(50-33)26-14-11-24(20-43)12-15-26)9-8-10-32(44)41-28(19-25-13-16-31(48-7)27(39)18-25)35(45)40-23(4)38(5,6)37(47)42-29/h8,10-16,18,21-23,28-30,33-34,43H,9,17,19-20H2,1-7H3,(H,40,45)(H,41,44)(H,42,47)/b10-8+/t22-,23?,28+,29-,30-,33+,34+/m0/s1. The van der Waals surface area contributed by atoms with Crippen LogP contribution < -0.4 is 20.7 Å². The van der Waals surface area contributed by atoms with Crippen LogP contribution in [0.2, 0.25) is 5.02 Å². The van der Waals surface area contributed by atoms with Gasteiger partial charge in [0.2, 0.25) is 17.7 Å². The van der Waals surface area contributed by atoms with Crippen LogP contribution in [0, 0.1) is 17.3 Å². The van der Waals surface area contributed by atoms with Gasteiger partial charge in [0.05, 0.1) is 30.3 Å². The predicted molar refractivity (Wildman–Crippen MR) is 189 cm³/mol. The Hall–Kier alpha value is -3.93. The number of carbonyl (C=O) groups is 4. The molecule has 7 atom stereocenters. The molecule has 12 heteroatoms. The number of hydrogen-bond donors (Lipinski definition) is 4. The van der Waals surface area contributed by atoms with Crippen molar-refractivity contribution in [1.29, 1.82) is 0 Å². The maximum Gasteiger partial charge on any atom is 0.328 e. The molecule has 50 heavy (non-hydrogen) atoms. The smallest absolute Gasteiger partial charge is 0.328 e. The lowest BCUT2D eigenvalue weighted by Crippen LogP contribution is -2.58. The van der Waals surface area contributed by atoms with Crippen molar-refractivity contribution < 1.29 is 38.5 Å². The van der Waals surface area contributed by atoms with Gasteiger partial charge in [0, 0.05) is 24.8 Å². The fraction of sp³-hybridized carbons (Fsp3) is 0.526. The first-order valence-electron chi connectivity index (χ1n) is 17.1. The molecule has 1 fully saturated rings. The molecule has 0 aromatic heterocycles. The van der Waals surface area contributed by atoms with E-state index in [2.05, 4.69) is 16.0 Å². The third-order valence-electron chi connectivity index (χ3n) is 9.64. The highest BCUT2D eigenvalue weighted by atomic mass is 35.5. The molecule has 0 spiro atoms. The lowest BCUT2D eigenvalue weighted by atomic mass is 9.83. The van der Waals surface area contributed by atoms with Gasteiger partial charge in [-0.05, 0) is 68.0 Å². The fourth-order valence-corrected chi connectivity index (χ4v) is 6.23. The highest BCUT2D eigenvalue weighted by Crippen LogP contribution is 2.45. The number of aliphatic hydroxyl groups excluding tert-OH is 1. The maximum absolute atomic E-state index is 13.8. The summed E-state index contributed by atoms with van der Waals surface area (Å²) < 4.78 is 17.4. The van der Waals surface area contributed by atoms with Crippen LogP contribution in [0.25, 0.3) is 0 Å². The van der Waals surface area contributed by atoms with E-state index in [1.165, 1.54) is 13.2 Å². The second-order valence-electron chi connectivity index (χ2n) is 14.2. The molecule has 2 aromatic carbocycles. The molecule has 2 aromatic rings. The van der Waals surface area contributed by atoms with E-state index in [0.717, 1.165) is 11.1 Å². The van der Waals surface area contributed by atoms with Gasteiger partial charge in [-0.15, -0.1) is 0 Å². The monoisotopic (exact) mass is 711 g/mol. The Bertz CT molecular complexity index is 1560. The van der Waals surface area contributed by atoms with Gasteiger partial charge in [-0.1, -0.05) is 68.8 Å². The molecule has 11 nitrogen and oxygen atoms in total. The van der Waals surface area contributed by atoms with Crippen molar-refractivity contribution >= 4 is 35.3 Å². The number of benzene rings is 2. The van der Waals surface area contributed by atoms with E-state index in [9.17, 15) is 24.3 Å². The van der Waals surface area contributed by atoms with Gasteiger partial charge < -0.3 is 35.3 Å². The summed E-state index contributed by atoms with van der Waals surface area (Å²) in [4.78, 5) is 54.5. The number of carbonyl (C=O) groups excluding carboxylic acids is 4. The SMILES string of the molecule is COc1ccc(C[C@H]2NC(=O)/C=C/C[C@@H]([C@H](C)[C@H]3O[C@@H]3c3ccc(CO)cc3)OC(=O)[C@H](CC(C)C)NC(=O)C(C)(C)C(C)NC2=O)cc1Cl. The van der Waals surface area contributed by atoms with Crippen molar-refractivity contribution in [3.05, 3.63) is 76.3 Å². The average molecular weight is 712 g/mol. The molecule has 0 radical (unpaired) electrons. The Morgan fingerprint density at radius 3 is 2.28 bits per heavy atom. The van der Waals surface area contributed by atoms with E-state index < -0.39 is 53.3 Å². The van der Waals surface area contributed by atoms with Gasteiger partial charge >= 0.3 is 5.97 Å². The normalized spacial score (nSPS) is 27.4. The highest BCUT2D eigenvalue weighted by molar-refractivity contribution is 6.32. The average Bonchev–Trinajstić information content (AvgIpc) is 3.87. The van der Waals surface area contributed by atoms with Crippen LogP contribution in [-0.4, -0.2) is 66.2 Å². The zero-order chi connectivity index (χ0) is 36.7. The lowest BCUT2D eigenvalue weighted by Gasteiger charge is -2.34. The molecule has 2 aliphatic heterocycles.